The zero-order valence-electron chi connectivity index (χ0n) is 12.3. The number of aromatic nitrogens is 2. The van der Waals surface area contributed by atoms with Crippen LogP contribution in [0.5, 0.6) is 0 Å². The molecule has 0 saturated carbocycles. The zero-order chi connectivity index (χ0) is 15.7. The number of fused-ring (bicyclic) bond motifs is 1. The fraction of sp³-hybridized carbons (Fsp3) is 0.467. The number of rotatable bonds is 4. The van der Waals surface area contributed by atoms with Gasteiger partial charge in [0.2, 0.25) is 0 Å². The Bertz CT molecular complexity index is 710. The van der Waals surface area contributed by atoms with Crippen molar-refractivity contribution in [2.45, 2.75) is 18.4 Å². The molecule has 2 N–H and O–H groups in total. The van der Waals surface area contributed by atoms with Gasteiger partial charge in [0, 0.05) is 25.8 Å². The molecule has 1 amide bonds. The van der Waals surface area contributed by atoms with Crippen LogP contribution in [0, 0.1) is 5.82 Å². The Labute approximate surface area is 131 Å². The van der Waals surface area contributed by atoms with E-state index in [1.807, 2.05) is 11.6 Å². The normalized spacial score (nSPS) is 21.4. The summed E-state index contributed by atoms with van der Waals surface area (Å²) in [6.07, 6.45) is 1.02. The van der Waals surface area contributed by atoms with E-state index in [1.54, 1.807) is 17.8 Å². The largest absolute Gasteiger partial charge is 0.379 e. The quantitative estimate of drug-likeness (QED) is 0.888. The van der Waals surface area contributed by atoms with Gasteiger partial charge < -0.3 is 15.0 Å². The molecule has 22 heavy (non-hydrogen) atoms. The average molecular weight is 323 g/mol. The predicted octanol–water partition coefficient (Wildman–Crippen LogP) is 1.24. The van der Waals surface area contributed by atoms with Gasteiger partial charge in [-0.1, -0.05) is 0 Å². The molecule has 0 bridgehead atoms. The summed E-state index contributed by atoms with van der Waals surface area (Å²) in [6.45, 7) is 0.394. The van der Waals surface area contributed by atoms with Gasteiger partial charge in [-0.2, -0.15) is 11.8 Å². The van der Waals surface area contributed by atoms with Gasteiger partial charge in [-0.3, -0.25) is 4.79 Å². The van der Waals surface area contributed by atoms with E-state index in [0.717, 1.165) is 22.6 Å². The summed E-state index contributed by atoms with van der Waals surface area (Å²) in [5.41, 5.74) is 0.225. The van der Waals surface area contributed by atoms with Gasteiger partial charge in [0.15, 0.2) is 5.60 Å². The number of carbonyl (C=O) groups excluding carboxylic acids is 1. The number of hydrogen-bond donors (Lipinski definition) is 2. The first-order chi connectivity index (χ1) is 10.5. The molecule has 2 aromatic rings. The van der Waals surface area contributed by atoms with Crippen molar-refractivity contribution >= 4 is 28.7 Å². The molecule has 1 atom stereocenters. The van der Waals surface area contributed by atoms with E-state index >= 15 is 0 Å². The molecule has 1 aliphatic heterocycles. The second-order valence-corrected chi connectivity index (χ2v) is 6.67. The van der Waals surface area contributed by atoms with Crippen LogP contribution >= 0.6 is 11.8 Å². The monoisotopic (exact) mass is 323 g/mol. The Morgan fingerprint density at radius 3 is 3.14 bits per heavy atom. The lowest BCUT2D eigenvalue weighted by atomic mass is 10.0. The highest BCUT2D eigenvalue weighted by molar-refractivity contribution is 7.99. The maximum atomic E-state index is 13.3. The van der Waals surface area contributed by atoms with Crippen LogP contribution < -0.4 is 5.32 Å². The number of hydrogen-bond acceptors (Lipinski definition) is 4. The van der Waals surface area contributed by atoms with Crippen LogP contribution in [0.2, 0.25) is 0 Å². The van der Waals surface area contributed by atoms with Crippen LogP contribution in [-0.2, 0) is 18.3 Å². The summed E-state index contributed by atoms with van der Waals surface area (Å²) in [6, 6.07) is 4.47. The van der Waals surface area contributed by atoms with Crippen molar-refractivity contribution in [2.75, 3.05) is 18.1 Å². The van der Waals surface area contributed by atoms with Crippen molar-refractivity contribution in [1.29, 1.82) is 0 Å². The highest BCUT2D eigenvalue weighted by atomic mass is 32.2. The fourth-order valence-electron chi connectivity index (χ4n) is 2.62. The smallest absolute Gasteiger partial charge is 0.252 e. The minimum absolute atomic E-state index is 0.295. The molecule has 118 valence electrons. The van der Waals surface area contributed by atoms with Crippen molar-refractivity contribution in [1.82, 2.24) is 14.9 Å². The molecule has 3 rings (SSSR count). The van der Waals surface area contributed by atoms with Gasteiger partial charge in [0.1, 0.15) is 11.6 Å². The van der Waals surface area contributed by atoms with E-state index < -0.39 is 5.60 Å². The van der Waals surface area contributed by atoms with Crippen LogP contribution in [0.15, 0.2) is 18.2 Å². The summed E-state index contributed by atoms with van der Waals surface area (Å²) in [5, 5.41) is 12.9. The zero-order valence-corrected chi connectivity index (χ0v) is 13.1. The first-order valence-corrected chi connectivity index (χ1v) is 8.34. The SMILES string of the molecule is Cn1c(CCNC(=O)C2(O)CCSC2)nc2ccc(F)cc21. The number of thioether (sulfide) groups is 1. The van der Waals surface area contributed by atoms with Gasteiger partial charge in [0.05, 0.1) is 11.0 Å². The summed E-state index contributed by atoms with van der Waals surface area (Å²) >= 11 is 1.58. The predicted molar refractivity (Wildman–Crippen MR) is 84.3 cm³/mol. The molecule has 1 aromatic carbocycles. The molecule has 2 heterocycles. The Kier molecular flexibility index (Phi) is 4.10. The number of aliphatic hydroxyl groups is 1. The Morgan fingerprint density at radius 1 is 1.59 bits per heavy atom. The maximum absolute atomic E-state index is 13.3. The molecule has 0 aliphatic carbocycles. The Morgan fingerprint density at radius 2 is 2.41 bits per heavy atom. The van der Waals surface area contributed by atoms with Gasteiger partial charge in [-0.25, -0.2) is 9.37 Å². The van der Waals surface area contributed by atoms with Gasteiger partial charge >= 0.3 is 0 Å². The van der Waals surface area contributed by atoms with Crippen LogP contribution in [0.25, 0.3) is 11.0 Å². The topological polar surface area (TPSA) is 67.2 Å². The Hall–Kier alpha value is -1.60. The van der Waals surface area contributed by atoms with Gasteiger partial charge in [-0.05, 0) is 30.4 Å². The van der Waals surface area contributed by atoms with E-state index in [0.29, 0.717) is 25.1 Å². The second kappa shape index (κ2) is 5.89. The van der Waals surface area contributed by atoms with Crippen LogP contribution in [0.1, 0.15) is 12.2 Å². The van der Waals surface area contributed by atoms with Gasteiger partial charge in [-0.15, -0.1) is 0 Å². The molecule has 1 saturated heterocycles. The number of benzene rings is 1. The van der Waals surface area contributed by atoms with E-state index in [9.17, 15) is 14.3 Å². The summed E-state index contributed by atoms with van der Waals surface area (Å²) in [4.78, 5) is 16.5. The Balaban J connectivity index is 1.64. The standard InChI is InChI=1S/C15H18FN3O2S/c1-19-12-8-10(16)2-3-11(12)18-13(19)4-6-17-14(20)15(21)5-7-22-9-15/h2-3,8,21H,4-7,9H2,1H3,(H,17,20). The van der Waals surface area contributed by atoms with Crippen molar-refractivity contribution in [2.24, 2.45) is 7.05 Å². The van der Waals surface area contributed by atoms with Crippen LogP contribution in [0.3, 0.4) is 0 Å². The first kappa shape index (κ1) is 15.3. The molecular weight excluding hydrogens is 305 g/mol. The molecule has 1 aliphatic rings. The average Bonchev–Trinajstić information content (AvgIpc) is 3.06. The molecule has 0 spiro atoms. The minimum Gasteiger partial charge on any atom is -0.379 e. The molecule has 1 aromatic heterocycles. The first-order valence-electron chi connectivity index (χ1n) is 7.19. The lowest BCUT2D eigenvalue weighted by Gasteiger charge is -2.20. The summed E-state index contributed by atoms with van der Waals surface area (Å²) in [7, 11) is 1.83. The number of halogens is 1. The van der Waals surface area contributed by atoms with E-state index in [1.165, 1.54) is 12.1 Å². The van der Waals surface area contributed by atoms with E-state index in [-0.39, 0.29) is 11.7 Å². The third-order valence-electron chi connectivity index (χ3n) is 3.99. The fourth-order valence-corrected chi connectivity index (χ4v) is 3.86. The third-order valence-corrected chi connectivity index (χ3v) is 5.17. The van der Waals surface area contributed by atoms with Crippen molar-refractivity contribution in [3.05, 3.63) is 29.8 Å². The van der Waals surface area contributed by atoms with Crippen molar-refractivity contribution in [3.8, 4) is 0 Å². The lowest BCUT2D eigenvalue weighted by Crippen LogP contribution is -2.47. The highest BCUT2D eigenvalue weighted by Gasteiger charge is 2.39. The van der Waals surface area contributed by atoms with Gasteiger partial charge in [0.25, 0.3) is 5.91 Å². The summed E-state index contributed by atoms with van der Waals surface area (Å²) < 4.78 is 15.1. The number of nitrogens with zero attached hydrogens (tertiary/aromatic N) is 2. The van der Waals surface area contributed by atoms with Crippen molar-refractivity contribution < 1.29 is 14.3 Å². The maximum Gasteiger partial charge on any atom is 0.252 e. The molecule has 5 nitrogen and oxygen atoms in total. The van der Waals surface area contributed by atoms with Crippen molar-refractivity contribution in [3.63, 3.8) is 0 Å². The highest BCUT2D eigenvalue weighted by Crippen LogP contribution is 2.27. The number of aryl methyl sites for hydroxylation is 1. The molecule has 0 radical (unpaired) electrons. The second-order valence-electron chi connectivity index (χ2n) is 5.56. The lowest BCUT2D eigenvalue weighted by molar-refractivity contribution is -0.137. The molecule has 7 heteroatoms. The van der Waals surface area contributed by atoms with Crippen LogP contribution in [-0.4, -0.2) is 44.2 Å². The van der Waals surface area contributed by atoms with E-state index in [2.05, 4.69) is 10.3 Å². The molecular formula is C15H18FN3O2S. The number of nitrogens with one attached hydrogen (secondary N) is 1. The molecule has 1 unspecified atom stereocenters. The number of imidazole rings is 1. The molecule has 1 fully saturated rings. The number of carbonyl (C=O) groups is 1. The summed E-state index contributed by atoms with van der Waals surface area (Å²) in [5.74, 6) is 1.41. The third kappa shape index (κ3) is 2.83. The van der Waals surface area contributed by atoms with E-state index in [4.69, 9.17) is 0 Å². The van der Waals surface area contributed by atoms with Crippen LogP contribution in [0.4, 0.5) is 4.39 Å². The minimum atomic E-state index is -1.24. The number of amides is 1.